The Labute approximate surface area is 108 Å². The molecule has 1 aromatic heterocycles. The van der Waals surface area contributed by atoms with Crippen LogP contribution in [0.1, 0.15) is 25.6 Å². The molecule has 5 nitrogen and oxygen atoms in total. The number of nitriles is 1. The fraction of sp³-hybridized carbons (Fsp3) is 0.615. The summed E-state index contributed by atoms with van der Waals surface area (Å²) in [6.07, 6.45) is 4.47. The molecule has 96 valence electrons. The Morgan fingerprint density at radius 3 is 2.67 bits per heavy atom. The summed E-state index contributed by atoms with van der Waals surface area (Å²) in [7, 11) is 1.71. The van der Waals surface area contributed by atoms with Crippen LogP contribution in [0.3, 0.4) is 0 Å². The predicted molar refractivity (Wildman–Crippen MR) is 71.4 cm³/mol. The van der Waals surface area contributed by atoms with Gasteiger partial charge in [0.15, 0.2) is 6.19 Å². The van der Waals surface area contributed by atoms with Gasteiger partial charge in [-0.15, -0.1) is 0 Å². The zero-order valence-electron chi connectivity index (χ0n) is 11.2. The van der Waals surface area contributed by atoms with Crippen LogP contribution >= 0.6 is 0 Å². The van der Waals surface area contributed by atoms with E-state index in [4.69, 9.17) is 5.26 Å². The molecule has 1 saturated heterocycles. The monoisotopic (exact) mass is 245 g/mol. The minimum atomic E-state index is 0.665. The number of nitrogens with zero attached hydrogens (tertiary/aromatic N) is 5. The topological polar surface area (TPSA) is 56.1 Å². The lowest BCUT2D eigenvalue weighted by atomic mass is 9.99. The van der Waals surface area contributed by atoms with Gasteiger partial charge in [0, 0.05) is 26.2 Å². The maximum atomic E-state index is 8.92. The first-order valence-corrected chi connectivity index (χ1v) is 6.34. The number of hydrogen-bond acceptors (Lipinski definition) is 5. The van der Waals surface area contributed by atoms with Crippen molar-refractivity contribution in [2.75, 3.05) is 29.9 Å². The van der Waals surface area contributed by atoms with Crippen LogP contribution in [0.15, 0.2) is 6.07 Å². The number of piperidine rings is 1. The maximum Gasteiger partial charge on any atom is 0.185 e. The molecule has 2 rings (SSSR count). The second kappa shape index (κ2) is 5.21. The van der Waals surface area contributed by atoms with Gasteiger partial charge in [0.25, 0.3) is 0 Å². The van der Waals surface area contributed by atoms with Gasteiger partial charge < -0.3 is 4.90 Å². The molecule has 0 aliphatic carbocycles. The van der Waals surface area contributed by atoms with E-state index in [0.29, 0.717) is 11.6 Å². The SMILES string of the molecule is Cc1nc(N(C)C#N)cc(N2CCC(C)CC2)n1. The zero-order valence-corrected chi connectivity index (χ0v) is 11.2. The van der Waals surface area contributed by atoms with E-state index in [-0.39, 0.29) is 0 Å². The lowest BCUT2D eigenvalue weighted by Crippen LogP contribution is -2.33. The van der Waals surface area contributed by atoms with Crippen molar-refractivity contribution < 1.29 is 0 Å². The molecule has 0 radical (unpaired) electrons. The van der Waals surface area contributed by atoms with Crippen LogP contribution in [0.4, 0.5) is 11.6 Å². The third-order valence-electron chi connectivity index (χ3n) is 3.41. The average Bonchev–Trinajstić information content (AvgIpc) is 2.38. The van der Waals surface area contributed by atoms with Crippen LogP contribution < -0.4 is 9.80 Å². The highest BCUT2D eigenvalue weighted by Crippen LogP contribution is 2.23. The van der Waals surface area contributed by atoms with E-state index in [1.54, 1.807) is 7.05 Å². The highest BCUT2D eigenvalue weighted by atomic mass is 15.2. The molecule has 0 N–H and O–H groups in total. The molecule has 2 heterocycles. The molecule has 0 amide bonds. The summed E-state index contributed by atoms with van der Waals surface area (Å²) in [5, 5.41) is 8.92. The van der Waals surface area contributed by atoms with Crippen LogP contribution in [-0.4, -0.2) is 30.1 Å². The normalized spacial score (nSPS) is 16.4. The zero-order chi connectivity index (χ0) is 13.1. The number of rotatable bonds is 2. The molecule has 0 spiro atoms. The molecular formula is C13H19N5. The van der Waals surface area contributed by atoms with Crippen molar-refractivity contribution in [3.63, 3.8) is 0 Å². The van der Waals surface area contributed by atoms with Gasteiger partial charge in [-0.2, -0.15) is 5.26 Å². The Hall–Kier alpha value is -1.83. The highest BCUT2D eigenvalue weighted by Gasteiger charge is 2.18. The summed E-state index contributed by atoms with van der Waals surface area (Å²) in [5.74, 6) is 3.11. The first kappa shape index (κ1) is 12.6. The predicted octanol–water partition coefficient (Wildman–Crippen LogP) is 1.94. The van der Waals surface area contributed by atoms with Gasteiger partial charge in [0.2, 0.25) is 0 Å². The Morgan fingerprint density at radius 1 is 1.39 bits per heavy atom. The number of hydrogen-bond donors (Lipinski definition) is 0. The Morgan fingerprint density at radius 2 is 2.06 bits per heavy atom. The van der Waals surface area contributed by atoms with Crippen molar-refractivity contribution in [1.82, 2.24) is 9.97 Å². The van der Waals surface area contributed by atoms with Crippen molar-refractivity contribution in [2.24, 2.45) is 5.92 Å². The van der Waals surface area contributed by atoms with Gasteiger partial charge in [0.1, 0.15) is 17.5 Å². The lowest BCUT2D eigenvalue weighted by molar-refractivity contribution is 0.436. The summed E-state index contributed by atoms with van der Waals surface area (Å²) in [6.45, 7) is 6.23. The van der Waals surface area contributed by atoms with Crippen molar-refractivity contribution in [3.05, 3.63) is 11.9 Å². The second-order valence-corrected chi connectivity index (χ2v) is 4.96. The molecule has 1 fully saturated rings. The molecule has 0 unspecified atom stereocenters. The van der Waals surface area contributed by atoms with Gasteiger partial charge in [-0.25, -0.2) is 9.97 Å². The standard InChI is InChI=1S/C13H19N5/c1-10-4-6-18(7-5-10)13-8-12(17(3)9-14)15-11(2)16-13/h8,10H,4-7H2,1-3H3. The minimum absolute atomic E-state index is 0.665. The molecule has 18 heavy (non-hydrogen) atoms. The number of aromatic nitrogens is 2. The van der Waals surface area contributed by atoms with E-state index in [1.165, 1.54) is 17.7 Å². The fourth-order valence-electron chi connectivity index (χ4n) is 2.16. The Bertz CT molecular complexity index is 457. The third-order valence-corrected chi connectivity index (χ3v) is 3.41. The lowest BCUT2D eigenvalue weighted by Gasteiger charge is -2.31. The highest BCUT2D eigenvalue weighted by molar-refractivity contribution is 5.52. The van der Waals surface area contributed by atoms with E-state index >= 15 is 0 Å². The van der Waals surface area contributed by atoms with Gasteiger partial charge in [-0.1, -0.05) is 6.92 Å². The number of anilines is 2. The molecule has 1 aromatic rings. The average molecular weight is 245 g/mol. The minimum Gasteiger partial charge on any atom is -0.356 e. The molecule has 1 aliphatic heterocycles. The first-order valence-electron chi connectivity index (χ1n) is 6.34. The van der Waals surface area contributed by atoms with Crippen LogP contribution in [-0.2, 0) is 0 Å². The molecule has 5 heteroatoms. The van der Waals surface area contributed by atoms with E-state index in [9.17, 15) is 0 Å². The van der Waals surface area contributed by atoms with Gasteiger partial charge in [-0.3, -0.25) is 4.90 Å². The molecule has 1 aliphatic rings. The summed E-state index contributed by atoms with van der Waals surface area (Å²) in [6, 6.07) is 1.90. The van der Waals surface area contributed by atoms with Crippen LogP contribution in [0.5, 0.6) is 0 Å². The van der Waals surface area contributed by atoms with Gasteiger partial charge >= 0.3 is 0 Å². The molecule has 0 bridgehead atoms. The smallest absolute Gasteiger partial charge is 0.185 e. The number of aryl methyl sites for hydroxylation is 1. The van der Waals surface area contributed by atoms with Gasteiger partial charge in [-0.05, 0) is 25.7 Å². The summed E-state index contributed by atoms with van der Waals surface area (Å²) in [5.41, 5.74) is 0. The van der Waals surface area contributed by atoms with Crippen LogP contribution in [0.2, 0.25) is 0 Å². The van der Waals surface area contributed by atoms with Crippen LogP contribution in [0.25, 0.3) is 0 Å². The van der Waals surface area contributed by atoms with E-state index in [2.05, 4.69) is 28.0 Å². The Balaban J connectivity index is 2.23. The fourth-order valence-corrected chi connectivity index (χ4v) is 2.16. The summed E-state index contributed by atoms with van der Waals surface area (Å²) >= 11 is 0. The van der Waals surface area contributed by atoms with Crippen molar-refractivity contribution in [2.45, 2.75) is 26.7 Å². The molecule has 0 atom stereocenters. The summed E-state index contributed by atoms with van der Waals surface area (Å²) in [4.78, 5) is 12.5. The molecular weight excluding hydrogens is 226 g/mol. The van der Waals surface area contributed by atoms with Crippen molar-refractivity contribution in [3.8, 4) is 6.19 Å². The molecule has 0 saturated carbocycles. The van der Waals surface area contributed by atoms with E-state index in [0.717, 1.165) is 24.8 Å². The second-order valence-electron chi connectivity index (χ2n) is 4.96. The van der Waals surface area contributed by atoms with E-state index < -0.39 is 0 Å². The third kappa shape index (κ3) is 2.70. The molecule has 0 aromatic carbocycles. The largest absolute Gasteiger partial charge is 0.356 e. The van der Waals surface area contributed by atoms with Gasteiger partial charge in [0.05, 0.1) is 0 Å². The first-order chi connectivity index (χ1) is 8.60. The quantitative estimate of drug-likeness (QED) is 0.588. The van der Waals surface area contributed by atoms with Crippen molar-refractivity contribution >= 4 is 11.6 Å². The van der Waals surface area contributed by atoms with E-state index in [1.807, 2.05) is 13.0 Å². The van der Waals surface area contributed by atoms with Crippen molar-refractivity contribution in [1.29, 1.82) is 5.26 Å². The van der Waals surface area contributed by atoms with Crippen LogP contribution in [0, 0.1) is 24.3 Å². The maximum absolute atomic E-state index is 8.92. The Kier molecular flexibility index (Phi) is 3.66. The summed E-state index contributed by atoms with van der Waals surface area (Å²) < 4.78 is 0.